The lowest BCUT2D eigenvalue weighted by atomic mass is 9.95. The Morgan fingerprint density at radius 2 is 2.08 bits per heavy atom. The van der Waals surface area contributed by atoms with E-state index in [4.69, 9.17) is 14.5 Å². The van der Waals surface area contributed by atoms with Gasteiger partial charge in [0.15, 0.2) is 11.5 Å². The van der Waals surface area contributed by atoms with Gasteiger partial charge in [-0.2, -0.15) is 0 Å². The van der Waals surface area contributed by atoms with Gasteiger partial charge in [-0.1, -0.05) is 32.9 Å². The van der Waals surface area contributed by atoms with Crippen LogP contribution in [0.15, 0.2) is 24.4 Å². The largest absolute Gasteiger partial charge is 0.454 e. The standard InChI is InChI=1S/C19H23N3O2/c1-19(2,3)18-20-9-14-11-22(8-7-15(14)21-18)10-13-5-4-6-16-17(13)24-12-23-16/h4-6,9H,7-8,10-12H2,1-3H3. The predicted octanol–water partition coefficient (Wildman–Crippen LogP) is 3.06. The Bertz CT molecular complexity index is 768. The number of ether oxygens (including phenoxy) is 2. The topological polar surface area (TPSA) is 47.5 Å². The van der Waals surface area contributed by atoms with Gasteiger partial charge in [0, 0.05) is 54.5 Å². The normalized spacial score (nSPS) is 17.0. The maximum Gasteiger partial charge on any atom is 0.231 e. The van der Waals surface area contributed by atoms with Crippen LogP contribution in [0, 0.1) is 0 Å². The van der Waals surface area contributed by atoms with Gasteiger partial charge in [-0.05, 0) is 6.07 Å². The third-order valence-electron chi connectivity index (χ3n) is 4.56. The zero-order valence-corrected chi connectivity index (χ0v) is 14.5. The third-order valence-corrected chi connectivity index (χ3v) is 4.56. The van der Waals surface area contributed by atoms with Crippen LogP contribution >= 0.6 is 0 Å². The number of hydrogen-bond acceptors (Lipinski definition) is 5. The molecule has 0 unspecified atom stereocenters. The fraction of sp³-hybridized carbons (Fsp3) is 0.474. The lowest BCUT2D eigenvalue weighted by Crippen LogP contribution is -2.32. The average Bonchev–Trinajstić information content (AvgIpc) is 3.03. The van der Waals surface area contributed by atoms with Crippen LogP contribution in [0.3, 0.4) is 0 Å². The van der Waals surface area contributed by atoms with E-state index in [0.29, 0.717) is 6.79 Å². The van der Waals surface area contributed by atoms with E-state index < -0.39 is 0 Å². The Morgan fingerprint density at radius 3 is 2.92 bits per heavy atom. The van der Waals surface area contributed by atoms with Gasteiger partial charge in [0.25, 0.3) is 0 Å². The summed E-state index contributed by atoms with van der Waals surface area (Å²) in [5.74, 6) is 2.67. The molecule has 2 aromatic rings. The van der Waals surface area contributed by atoms with Gasteiger partial charge >= 0.3 is 0 Å². The number of para-hydroxylation sites is 1. The highest BCUT2D eigenvalue weighted by Crippen LogP contribution is 2.36. The van der Waals surface area contributed by atoms with E-state index in [-0.39, 0.29) is 5.41 Å². The van der Waals surface area contributed by atoms with Crippen LogP contribution in [0.5, 0.6) is 11.5 Å². The Kier molecular flexibility index (Phi) is 3.68. The van der Waals surface area contributed by atoms with Crippen LogP contribution < -0.4 is 9.47 Å². The van der Waals surface area contributed by atoms with Gasteiger partial charge in [-0.15, -0.1) is 0 Å². The number of aromatic nitrogens is 2. The molecule has 2 aliphatic rings. The van der Waals surface area contributed by atoms with Crippen LogP contribution in [0.4, 0.5) is 0 Å². The van der Waals surface area contributed by atoms with Gasteiger partial charge in [0.1, 0.15) is 5.82 Å². The van der Waals surface area contributed by atoms with Crippen molar-refractivity contribution in [3.8, 4) is 11.5 Å². The molecular weight excluding hydrogens is 302 g/mol. The highest BCUT2D eigenvalue weighted by molar-refractivity contribution is 5.48. The first-order valence-corrected chi connectivity index (χ1v) is 8.46. The molecule has 0 fully saturated rings. The van der Waals surface area contributed by atoms with E-state index >= 15 is 0 Å². The van der Waals surface area contributed by atoms with E-state index in [0.717, 1.165) is 43.4 Å². The second-order valence-corrected chi connectivity index (χ2v) is 7.53. The molecule has 24 heavy (non-hydrogen) atoms. The number of hydrogen-bond donors (Lipinski definition) is 0. The highest BCUT2D eigenvalue weighted by atomic mass is 16.7. The molecule has 0 bridgehead atoms. The van der Waals surface area contributed by atoms with Gasteiger partial charge in [-0.25, -0.2) is 9.97 Å². The molecule has 0 spiro atoms. The maximum absolute atomic E-state index is 5.62. The SMILES string of the molecule is CC(C)(C)c1ncc2c(n1)CCN(Cc1cccc3c1OCO3)C2. The molecule has 5 nitrogen and oxygen atoms in total. The zero-order chi connectivity index (χ0) is 16.7. The van der Waals surface area contributed by atoms with Crippen molar-refractivity contribution in [2.45, 2.75) is 45.7 Å². The Morgan fingerprint density at radius 1 is 1.21 bits per heavy atom. The summed E-state index contributed by atoms with van der Waals surface area (Å²) in [5, 5.41) is 0. The second-order valence-electron chi connectivity index (χ2n) is 7.53. The van der Waals surface area contributed by atoms with Crippen LogP contribution in [-0.2, 0) is 24.9 Å². The minimum atomic E-state index is -0.00586. The Balaban J connectivity index is 1.52. The van der Waals surface area contributed by atoms with Crippen molar-refractivity contribution < 1.29 is 9.47 Å². The van der Waals surface area contributed by atoms with E-state index in [1.54, 1.807) is 0 Å². The first kappa shape index (κ1) is 15.4. The van der Waals surface area contributed by atoms with Crippen molar-refractivity contribution in [2.75, 3.05) is 13.3 Å². The minimum absolute atomic E-state index is 0.00586. The zero-order valence-electron chi connectivity index (χ0n) is 14.5. The van der Waals surface area contributed by atoms with E-state index in [2.05, 4.69) is 36.7 Å². The molecule has 0 saturated heterocycles. The lowest BCUT2D eigenvalue weighted by Gasteiger charge is -2.29. The van der Waals surface area contributed by atoms with E-state index in [1.807, 2.05) is 18.3 Å². The third kappa shape index (κ3) is 2.84. The number of nitrogens with zero attached hydrogens (tertiary/aromatic N) is 3. The fourth-order valence-corrected chi connectivity index (χ4v) is 3.23. The van der Waals surface area contributed by atoms with Crippen molar-refractivity contribution in [2.24, 2.45) is 0 Å². The molecule has 2 aliphatic heterocycles. The van der Waals surface area contributed by atoms with E-state index in [9.17, 15) is 0 Å². The second kappa shape index (κ2) is 5.74. The molecule has 126 valence electrons. The molecular formula is C19H23N3O2. The molecule has 0 N–H and O–H groups in total. The molecule has 0 aliphatic carbocycles. The van der Waals surface area contributed by atoms with Crippen LogP contribution in [0.2, 0.25) is 0 Å². The first-order chi connectivity index (χ1) is 11.5. The summed E-state index contributed by atoms with van der Waals surface area (Å²) in [6.07, 6.45) is 2.97. The van der Waals surface area contributed by atoms with Gasteiger partial charge < -0.3 is 9.47 Å². The van der Waals surface area contributed by atoms with Crippen molar-refractivity contribution in [1.82, 2.24) is 14.9 Å². The quantitative estimate of drug-likeness (QED) is 0.849. The van der Waals surface area contributed by atoms with Gasteiger partial charge in [0.05, 0.1) is 0 Å². The molecule has 0 atom stereocenters. The summed E-state index contributed by atoms with van der Waals surface area (Å²) >= 11 is 0. The number of fused-ring (bicyclic) bond motifs is 2. The summed E-state index contributed by atoms with van der Waals surface area (Å²) in [6.45, 7) is 9.51. The summed E-state index contributed by atoms with van der Waals surface area (Å²) in [4.78, 5) is 11.8. The summed E-state index contributed by atoms with van der Waals surface area (Å²) in [7, 11) is 0. The van der Waals surface area contributed by atoms with Crippen LogP contribution in [0.1, 0.15) is 43.4 Å². The summed E-state index contributed by atoms with van der Waals surface area (Å²) in [5.41, 5.74) is 3.61. The van der Waals surface area contributed by atoms with Gasteiger partial charge in [0.2, 0.25) is 6.79 Å². The van der Waals surface area contributed by atoms with Gasteiger partial charge in [-0.3, -0.25) is 4.90 Å². The predicted molar refractivity (Wildman–Crippen MR) is 91.1 cm³/mol. The van der Waals surface area contributed by atoms with E-state index in [1.165, 1.54) is 16.8 Å². The monoisotopic (exact) mass is 325 g/mol. The molecule has 5 heteroatoms. The fourth-order valence-electron chi connectivity index (χ4n) is 3.23. The summed E-state index contributed by atoms with van der Waals surface area (Å²) < 4.78 is 11.1. The van der Waals surface area contributed by atoms with Crippen molar-refractivity contribution in [1.29, 1.82) is 0 Å². The Labute approximate surface area is 142 Å². The first-order valence-electron chi connectivity index (χ1n) is 8.46. The average molecular weight is 325 g/mol. The lowest BCUT2D eigenvalue weighted by molar-refractivity contribution is 0.171. The van der Waals surface area contributed by atoms with Crippen LogP contribution in [-0.4, -0.2) is 28.2 Å². The molecule has 1 aromatic heterocycles. The summed E-state index contributed by atoms with van der Waals surface area (Å²) in [6, 6.07) is 6.10. The Hall–Kier alpha value is -2.14. The van der Waals surface area contributed by atoms with Crippen molar-refractivity contribution >= 4 is 0 Å². The number of rotatable bonds is 2. The smallest absolute Gasteiger partial charge is 0.231 e. The maximum atomic E-state index is 5.62. The van der Waals surface area contributed by atoms with Crippen molar-refractivity contribution in [3.63, 3.8) is 0 Å². The minimum Gasteiger partial charge on any atom is -0.454 e. The molecule has 3 heterocycles. The molecule has 1 aromatic carbocycles. The molecule has 0 saturated carbocycles. The molecule has 4 rings (SSSR count). The number of benzene rings is 1. The highest BCUT2D eigenvalue weighted by Gasteiger charge is 2.24. The molecule has 0 radical (unpaired) electrons. The van der Waals surface area contributed by atoms with Crippen molar-refractivity contribution in [3.05, 3.63) is 47.0 Å². The van der Waals surface area contributed by atoms with Crippen LogP contribution in [0.25, 0.3) is 0 Å². The molecule has 0 amide bonds.